The third-order valence-electron chi connectivity index (χ3n) is 4.82. The predicted molar refractivity (Wildman–Crippen MR) is 110 cm³/mol. The Bertz CT molecular complexity index is 845. The molecule has 0 aliphatic carbocycles. The number of ether oxygens (including phenoxy) is 2. The summed E-state index contributed by atoms with van der Waals surface area (Å²) in [5.41, 5.74) is 0.434. The number of carbonyl (C=O) groups is 3. The highest BCUT2D eigenvalue weighted by Crippen LogP contribution is 2.34. The average molecular weight is 438 g/mol. The van der Waals surface area contributed by atoms with E-state index in [4.69, 9.17) is 14.6 Å². The molecule has 0 spiro atoms. The van der Waals surface area contributed by atoms with Crippen molar-refractivity contribution in [2.75, 3.05) is 42.5 Å². The smallest absolute Gasteiger partial charge is 0.414 e. The van der Waals surface area contributed by atoms with E-state index in [1.807, 2.05) is 0 Å². The Morgan fingerprint density at radius 1 is 1.23 bits per heavy atom. The largest absolute Gasteiger partial charge is 0.465 e. The van der Waals surface area contributed by atoms with Crippen molar-refractivity contribution in [1.29, 1.82) is 0 Å². The van der Waals surface area contributed by atoms with Crippen LogP contribution in [0.4, 0.5) is 30.1 Å². The number of para-hydroxylation sites is 2. The van der Waals surface area contributed by atoms with Crippen LogP contribution in [0.25, 0.3) is 0 Å². The molecule has 1 aromatic rings. The highest BCUT2D eigenvalue weighted by atomic mass is 19.1. The molecule has 2 fully saturated rings. The summed E-state index contributed by atoms with van der Waals surface area (Å²) in [6.45, 7) is 5.69. The summed E-state index contributed by atoms with van der Waals surface area (Å²) in [5.74, 6) is 0. The van der Waals surface area contributed by atoms with Crippen LogP contribution in [0.15, 0.2) is 24.3 Å². The Morgan fingerprint density at radius 3 is 2.52 bits per heavy atom. The van der Waals surface area contributed by atoms with Gasteiger partial charge >= 0.3 is 18.3 Å². The molecule has 170 valence electrons. The predicted octanol–water partition coefficient (Wildman–Crippen LogP) is 2.63. The van der Waals surface area contributed by atoms with E-state index in [0.717, 1.165) is 4.90 Å². The van der Waals surface area contributed by atoms with Crippen molar-refractivity contribution in [3.8, 4) is 0 Å². The molecule has 3 rings (SSSR count). The van der Waals surface area contributed by atoms with Gasteiger partial charge in [-0.1, -0.05) is 12.1 Å². The fourth-order valence-corrected chi connectivity index (χ4v) is 3.47. The first-order valence-corrected chi connectivity index (χ1v) is 9.98. The molecular weight excluding hydrogens is 411 g/mol. The molecule has 0 aromatic heterocycles. The second-order valence-corrected chi connectivity index (χ2v) is 8.35. The summed E-state index contributed by atoms with van der Waals surface area (Å²) in [6.07, 6.45) is -4.71. The number of anilines is 2. The maximum Gasteiger partial charge on any atom is 0.414 e. The van der Waals surface area contributed by atoms with Gasteiger partial charge in [0.2, 0.25) is 0 Å². The number of halogens is 1. The summed E-state index contributed by atoms with van der Waals surface area (Å²) in [5, 5.41) is 10.9. The molecule has 10 nitrogen and oxygen atoms in total. The minimum absolute atomic E-state index is 0.0269. The van der Waals surface area contributed by atoms with E-state index in [1.54, 1.807) is 49.9 Å². The first-order valence-electron chi connectivity index (χ1n) is 9.98. The van der Waals surface area contributed by atoms with Crippen molar-refractivity contribution in [2.24, 2.45) is 0 Å². The van der Waals surface area contributed by atoms with E-state index >= 15 is 0 Å². The number of nitrogens with zero attached hydrogens (tertiary/aromatic N) is 3. The number of piperazine rings is 1. The van der Waals surface area contributed by atoms with E-state index in [9.17, 15) is 18.8 Å². The lowest BCUT2D eigenvalue weighted by Gasteiger charge is -2.40. The molecule has 31 heavy (non-hydrogen) atoms. The zero-order chi connectivity index (χ0) is 22.8. The summed E-state index contributed by atoms with van der Waals surface area (Å²) >= 11 is 0. The molecule has 0 bridgehead atoms. The van der Waals surface area contributed by atoms with E-state index in [1.165, 1.54) is 4.90 Å². The zero-order valence-corrected chi connectivity index (χ0v) is 17.7. The first kappa shape index (κ1) is 22.4. The summed E-state index contributed by atoms with van der Waals surface area (Å²) in [7, 11) is 0. The van der Waals surface area contributed by atoms with Crippen molar-refractivity contribution in [1.82, 2.24) is 10.2 Å². The number of rotatable bonds is 4. The number of amides is 3. The fraction of sp³-hybridized carbons (Fsp3) is 0.550. The van der Waals surface area contributed by atoms with Crippen molar-refractivity contribution < 1.29 is 33.4 Å². The van der Waals surface area contributed by atoms with Gasteiger partial charge < -0.3 is 24.8 Å². The molecule has 2 N–H and O–H groups in total. The number of carboxylic acid groups (broad SMARTS) is 1. The quantitative estimate of drug-likeness (QED) is 0.695. The van der Waals surface area contributed by atoms with Gasteiger partial charge in [-0.15, -0.1) is 0 Å². The van der Waals surface area contributed by atoms with Crippen LogP contribution in [0.2, 0.25) is 0 Å². The van der Waals surface area contributed by atoms with Crippen LogP contribution in [0.5, 0.6) is 0 Å². The van der Waals surface area contributed by atoms with Gasteiger partial charge in [-0.3, -0.25) is 9.80 Å². The van der Waals surface area contributed by atoms with Crippen LogP contribution in [0.1, 0.15) is 20.8 Å². The van der Waals surface area contributed by atoms with E-state index in [-0.39, 0.29) is 26.2 Å². The van der Waals surface area contributed by atoms with Gasteiger partial charge in [-0.05, 0) is 32.9 Å². The fourth-order valence-electron chi connectivity index (χ4n) is 3.47. The molecule has 11 heteroatoms. The number of hydrogen-bond donors (Lipinski definition) is 2. The van der Waals surface area contributed by atoms with Crippen LogP contribution in [-0.2, 0) is 9.47 Å². The number of hydrogen-bond acceptors (Lipinski definition) is 6. The van der Waals surface area contributed by atoms with E-state index in [0.29, 0.717) is 17.9 Å². The molecule has 3 amide bonds. The number of nitrogens with one attached hydrogen (secondary N) is 1. The van der Waals surface area contributed by atoms with Crippen molar-refractivity contribution in [3.63, 3.8) is 0 Å². The monoisotopic (exact) mass is 438 g/mol. The van der Waals surface area contributed by atoms with E-state index in [2.05, 4.69) is 5.32 Å². The molecular formula is C20H27FN4O6. The van der Waals surface area contributed by atoms with Gasteiger partial charge in [0.1, 0.15) is 11.7 Å². The Morgan fingerprint density at radius 2 is 1.90 bits per heavy atom. The molecule has 2 aliphatic heterocycles. The lowest BCUT2D eigenvalue weighted by Crippen LogP contribution is -2.54. The van der Waals surface area contributed by atoms with Gasteiger partial charge in [0.25, 0.3) is 0 Å². The molecule has 2 saturated heterocycles. The minimum Gasteiger partial charge on any atom is -0.465 e. The molecule has 0 saturated carbocycles. The minimum atomic E-state index is -1.57. The Balaban J connectivity index is 1.71. The second kappa shape index (κ2) is 8.86. The van der Waals surface area contributed by atoms with Gasteiger partial charge in [0.05, 0.1) is 31.0 Å². The first-order chi connectivity index (χ1) is 14.5. The van der Waals surface area contributed by atoms with Gasteiger partial charge in [-0.25, -0.2) is 18.8 Å². The average Bonchev–Trinajstić information content (AvgIpc) is 3.05. The van der Waals surface area contributed by atoms with Crippen molar-refractivity contribution >= 4 is 29.7 Å². The highest BCUT2D eigenvalue weighted by molar-refractivity contribution is 5.94. The second-order valence-electron chi connectivity index (χ2n) is 8.35. The molecule has 2 aliphatic rings. The number of carbonyl (C=O) groups excluding carboxylic acids is 2. The molecule has 0 radical (unpaired) electrons. The van der Waals surface area contributed by atoms with E-state index < -0.39 is 36.3 Å². The standard InChI is InChI=1S/C20H27FN4O6/c1-20(2,3)31-19(29)24-9-8-23(12-16(24)21)14-6-4-5-7-15(14)25-11-13(30-18(25)28)10-22-17(26)27/h4-7,13,16,22H,8-12H2,1-3H3,(H,26,27)/t13?,16-/m1/s1. The summed E-state index contributed by atoms with van der Waals surface area (Å²) < 4.78 is 25.4. The Kier molecular flexibility index (Phi) is 6.42. The van der Waals surface area contributed by atoms with Crippen molar-refractivity contribution in [3.05, 3.63) is 24.3 Å². The van der Waals surface area contributed by atoms with Gasteiger partial charge in [0, 0.05) is 13.1 Å². The third kappa shape index (κ3) is 5.47. The van der Waals surface area contributed by atoms with Crippen LogP contribution >= 0.6 is 0 Å². The van der Waals surface area contributed by atoms with Crippen molar-refractivity contribution in [2.45, 2.75) is 38.8 Å². The molecule has 2 atom stereocenters. The number of cyclic esters (lactones) is 1. The Hall–Kier alpha value is -3.24. The molecule has 1 aromatic carbocycles. The van der Waals surface area contributed by atoms with Crippen LogP contribution in [-0.4, -0.2) is 79.0 Å². The summed E-state index contributed by atoms with van der Waals surface area (Å²) in [4.78, 5) is 39.5. The Labute approximate surface area is 179 Å². The van der Waals surface area contributed by atoms with Gasteiger partial charge in [-0.2, -0.15) is 0 Å². The zero-order valence-electron chi connectivity index (χ0n) is 17.7. The van der Waals surface area contributed by atoms with Crippen LogP contribution in [0.3, 0.4) is 0 Å². The lowest BCUT2D eigenvalue weighted by atomic mass is 10.2. The lowest BCUT2D eigenvalue weighted by molar-refractivity contribution is -0.00598. The third-order valence-corrected chi connectivity index (χ3v) is 4.82. The normalized spacial score (nSPS) is 21.7. The molecule has 1 unspecified atom stereocenters. The van der Waals surface area contributed by atoms with Crippen LogP contribution in [0, 0.1) is 0 Å². The SMILES string of the molecule is CC(C)(C)OC(=O)N1CCN(c2ccccc2N2CC(CNC(=O)O)OC2=O)C[C@@H]1F. The maximum atomic E-state index is 14.8. The summed E-state index contributed by atoms with van der Waals surface area (Å²) in [6, 6.07) is 7.01. The van der Waals surface area contributed by atoms with Crippen LogP contribution < -0.4 is 15.1 Å². The topological polar surface area (TPSA) is 112 Å². The number of benzene rings is 1. The molecule has 2 heterocycles. The highest BCUT2D eigenvalue weighted by Gasteiger charge is 2.37. The maximum absolute atomic E-state index is 14.8. The number of alkyl halides is 1. The van der Waals surface area contributed by atoms with Gasteiger partial charge in [0.15, 0.2) is 6.30 Å².